The fourth-order valence-corrected chi connectivity index (χ4v) is 3.84. The third kappa shape index (κ3) is 4.59. The molecule has 1 amide bonds. The van der Waals surface area contributed by atoms with Crippen LogP contribution in [0, 0.1) is 0 Å². The first-order valence-electron chi connectivity index (χ1n) is 10.1. The molecule has 0 atom stereocenters. The summed E-state index contributed by atoms with van der Waals surface area (Å²) in [5, 5.41) is 8.93. The van der Waals surface area contributed by atoms with E-state index < -0.39 is 0 Å². The number of rotatable bonds is 6. The molecule has 0 unspecified atom stereocenters. The number of nitrogens with zero attached hydrogens (tertiary/aromatic N) is 5. The standard InChI is InChI=1S/C22H25ClN6O2/c1-15(2)25-20-7-4-16-13-24-29(22(16)26-20)14-21(30)28-10-8-27(9-11-28)17-5-6-18(23)19(12-17)31-3/h4-7,12-13H,1,8-11,14H2,2-3H3,(H,25,26). The quantitative estimate of drug-likeness (QED) is 0.633. The summed E-state index contributed by atoms with van der Waals surface area (Å²) in [6.07, 6.45) is 1.73. The van der Waals surface area contributed by atoms with Crippen LogP contribution in [0.4, 0.5) is 11.5 Å². The first-order chi connectivity index (χ1) is 14.9. The molecule has 0 spiro atoms. The number of carbonyl (C=O) groups is 1. The van der Waals surface area contributed by atoms with Crippen molar-refractivity contribution in [2.24, 2.45) is 0 Å². The summed E-state index contributed by atoms with van der Waals surface area (Å²) >= 11 is 6.13. The number of aromatic nitrogens is 3. The van der Waals surface area contributed by atoms with E-state index in [0.717, 1.165) is 29.9 Å². The lowest BCUT2D eigenvalue weighted by Crippen LogP contribution is -2.49. The number of allylic oxidation sites excluding steroid dienone is 1. The van der Waals surface area contributed by atoms with Gasteiger partial charge in [0.05, 0.1) is 18.3 Å². The molecule has 0 saturated carbocycles. The Morgan fingerprint density at radius 1 is 1.23 bits per heavy atom. The number of methoxy groups -OCH3 is 1. The zero-order chi connectivity index (χ0) is 22.0. The van der Waals surface area contributed by atoms with Crippen LogP contribution in [0.1, 0.15) is 6.92 Å². The highest BCUT2D eigenvalue weighted by atomic mass is 35.5. The predicted octanol–water partition coefficient (Wildman–Crippen LogP) is 3.39. The molecule has 31 heavy (non-hydrogen) atoms. The van der Waals surface area contributed by atoms with Crippen LogP contribution in [0.5, 0.6) is 5.75 Å². The zero-order valence-corrected chi connectivity index (χ0v) is 18.4. The Morgan fingerprint density at radius 2 is 2.00 bits per heavy atom. The van der Waals surface area contributed by atoms with Crippen molar-refractivity contribution in [1.82, 2.24) is 19.7 Å². The van der Waals surface area contributed by atoms with E-state index in [0.29, 0.717) is 35.3 Å². The van der Waals surface area contributed by atoms with E-state index in [9.17, 15) is 4.79 Å². The van der Waals surface area contributed by atoms with E-state index in [1.54, 1.807) is 18.0 Å². The van der Waals surface area contributed by atoms with Crippen LogP contribution < -0.4 is 15.0 Å². The Balaban J connectivity index is 1.41. The van der Waals surface area contributed by atoms with Crippen molar-refractivity contribution < 1.29 is 9.53 Å². The molecule has 1 aromatic carbocycles. The molecule has 162 valence electrons. The number of ether oxygens (including phenoxy) is 1. The predicted molar refractivity (Wildman–Crippen MR) is 123 cm³/mol. The molecule has 4 rings (SSSR count). The van der Waals surface area contributed by atoms with Gasteiger partial charge in [0.1, 0.15) is 18.1 Å². The lowest BCUT2D eigenvalue weighted by atomic mass is 10.2. The highest BCUT2D eigenvalue weighted by Gasteiger charge is 2.23. The number of halogens is 1. The first-order valence-corrected chi connectivity index (χ1v) is 10.4. The molecule has 0 aliphatic carbocycles. The number of anilines is 2. The maximum atomic E-state index is 12.9. The van der Waals surface area contributed by atoms with Crippen LogP contribution >= 0.6 is 11.6 Å². The van der Waals surface area contributed by atoms with E-state index in [4.69, 9.17) is 16.3 Å². The van der Waals surface area contributed by atoms with Crippen molar-refractivity contribution in [2.45, 2.75) is 13.5 Å². The number of fused-ring (bicyclic) bond motifs is 1. The summed E-state index contributed by atoms with van der Waals surface area (Å²) in [5.74, 6) is 1.36. The smallest absolute Gasteiger partial charge is 0.244 e. The van der Waals surface area contributed by atoms with Crippen molar-refractivity contribution in [3.05, 3.63) is 53.8 Å². The number of amides is 1. The Labute approximate surface area is 186 Å². The number of carbonyl (C=O) groups excluding carboxylic acids is 1. The molecule has 1 aliphatic heterocycles. The molecule has 1 saturated heterocycles. The number of piperazine rings is 1. The molecule has 1 fully saturated rings. The molecule has 2 aromatic heterocycles. The van der Waals surface area contributed by atoms with Crippen molar-refractivity contribution in [2.75, 3.05) is 43.5 Å². The average molecular weight is 441 g/mol. The Hall–Kier alpha value is -3.26. The summed E-state index contributed by atoms with van der Waals surface area (Å²) in [6, 6.07) is 9.54. The van der Waals surface area contributed by atoms with Crippen molar-refractivity contribution in [1.29, 1.82) is 0 Å². The monoisotopic (exact) mass is 440 g/mol. The number of benzene rings is 1. The Kier molecular flexibility index (Phi) is 5.99. The fourth-order valence-electron chi connectivity index (χ4n) is 3.64. The van der Waals surface area contributed by atoms with Gasteiger partial charge in [-0.05, 0) is 31.2 Å². The van der Waals surface area contributed by atoms with E-state index in [-0.39, 0.29) is 12.5 Å². The van der Waals surface area contributed by atoms with Crippen molar-refractivity contribution in [3.8, 4) is 5.75 Å². The number of nitrogens with one attached hydrogen (secondary N) is 1. The van der Waals surface area contributed by atoms with Crippen LogP contribution in [-0.4, -0.2) is 58.9 Å². The second kappa shape index (κ2) is 8.85. The largest absolute Gasteiger partial charge is 0.495 e. The molecule has 3 aromatic rings. The summed E-state index contributed by atoms with van der Waals surface area (Å²) in [5.41, 5.74) is 2.50. The molecule has 8 nitrogen and oxygen atoms in total. The summed E-state index contributed by atoms with van der Waals surface area (Å²) in [4.78, 5) is 21.6. The number of hydrogen-bond acceptors (Lipinski definition) is 6. The van der Waals surface area contributed by atoms with Gasteiger partial charge >= 0.3 is 0 Å². The van der Waals surface area contributed by atoms with Gasteiger partial charge in [0, 0.05) is 49.0 Å². The number of pyridine rings is 1. The normalized spacial score (nSPS) is 14.0. The topological polar surface area (TPSA) is 75.5 Å². The maximum Gasteiger partial charge on any atom is 0.244 e. The summed E-state index contributed by atoms with van der Waals surface area (Å²) in [6.45, 7) is 8.61. The molecular formula is C22H25ClN6O2. The minimum atomic E-state index is 0.0263. The third-order valence-electron chi connectivity index (χ3n) is 5.24. The van der Waals surface area contributed by atoms with Gasteiger partial charge in [0.15, 0.2) is 5.65 Å². The molecule has 0 bridgehead atoms. The summed E-state index contributed by atoms with van der Waals surface area (Å²) in [7, 11) is 1.60. The fraction of sp³-hybridized carbons (Fsp3) is 0.318. The maximum absolute atomic E-state index is 12.9. The second-order valence-corrected chi connectivity index (χ2v) is 7.91. The molecule has 1 aliphatic rings. The Bertz CT molecular complexity index is 1120. The Morgan fingerprint density at radius 3 is 2.71 bits per heavy atom. The van der Waals surface area contributed by atoms with Crippen molar-refractivity contribution >= 4 is 40.0 Å². The highest BCUT2D eigenvalue weighted by molar-refractivity contribution is 6.32. The van der Waals surface area contributed by atoms with Gasteiger partial charge in [-0.3, -0.25) is 4.79 Å². The van der Waals surface area contributed by atoms with Crippen LogP contribution in [0.25, 0.3) is 11.0 Å². The molecular weight excluding hydrogens is 416 g/mol. The molecule has 1 N–H and O–H groups in total. The van der Waals surface area contributed by atoms with Crippen LogP contribution in [0.2, 0.25) is 5.02 Å². The van der Waals surface area contributed by atoms with Gasteiger partial charge in [-0.15, -0.1) is 0 Å². The van der Waals surface area contributed by atoms with Gasteiger partial charge in [-0.25, -0.2) is 9.67 Å². The van der Waals surface area contributed by atoms with E-state index >= 15 is 0 Å². The minimum absolute atomic E-state index is 0.0263. The van der Waals surface area contributed by atoms with Gasteiger partial charge in [0.25, 0.3) is 0 Å². The highest BCUT2D eigenvalue weighted by Crippen LogP contribution is 2.29. The number of hydrogen-bond donors (Lipinski definition) is 1. The van der Waals surface area contributed by atoms with Crippen LogP contribution in [-0.2, 0) is 11.3 Å². The third-order valence-corrected chi connectivity index (χ3v) is 5.56. The first kappa shape index (κ1) is 21.0. The van der Waals surface area contributed by atoms with E-state index in [1.165, 1.54) is 0 Å². The van der Waals surface area contributed by atoms with Gasteiger partial charge in [-0.2, -0.15) is 5.10 Å². The summed E-state index contributed by atoms with van der Waals surface area (Å²) < 4.78 is 6.96. The minimum Gasteiger partial charge on any atom is -0.495 e. The van der Waals surface area contributed by atoms with Gasteiger partial charge in [-0.1, -0.05) is 18.2 Å². The van der Waals surface area contributed by atoms with Gasteiger partial charge in [0.2, 0.25) is 5.91 Å². The van der Waals surface area contributed by atoms with Crippen molar-refractivity contribution in [3.63, 3.8) is 0 Å². The van der Waals surface area contributed by atoms with Gasteiger partial charge < -0.3 is 19.9 Å². The SMILES string of the molecule is C=C(C)Nc1ccc2cnn(CC(=O)N3CCN(c4ccc(Cl)c(OC)c4)CC3)c2n1. The zero-order valence-electron chi connectivity index (χ0n) is 17.6. The second-order valence-electron chi connectivity index (χ2n) is 7.50. The van der Waals surface area contributed by atoms with Crippen LogP contribution in [0.15, 0.2) is 48.8 Å². The van der Waals surface area contributed by atoms with E-state index in [1.807, 2.05) is 42.2 Å². The van der Waals surface area contributed by atoms with E-state index in [2.05, 4.69) is 26.9 Å². The molecule has 9 heteroatoms. The lowest BCUT2D eigenvalue weighted by molar-refractivity contribution is -0.132. The molecule has 3 heterocycles. The van der Waals surface area contributed by atoms with Crippen LogP contribution in [0.3, 0.4) is 0 Å². The molecule has 0 radical (unpaired) electrons. The lowest BCUT2D eigenvalue weighted by Gasteiger charge is -2.36. The average Bonchev–Trinajstić information content (AvgIpc) is 3.15.